The second kappa shape index (κ2) is 5.43. The largest absolute Gasteiger partial charge is 0.450 e. The molecule has 3 aromatic rings. The molecule has 0 amide bonds. The van der Waals surface area contributed by atoms with Gasteiger partial charge in [0.25, 0.3) is 0 Å². The lowest BCUT2D eigenvalue weighted by molar-refractivity contribution is 0.101. The van der Waals surface area contributed by atoms with E-state index in [0.717, 1.165) is 18.2 Å². The minimum Gasteiger partial charge on any atom is -0.450 e. The van der Waals surface area contributed by atoms with Crippen LogP contribution in [0.25, 0.3) is 11.0 Å². The SMILES string of the molecule is Nc1c(C(=O)c2ccccc2Cl)oc2cc3c(cc12)CCCC3. The topological polar surface area (TPSA) is 56.2 Å². The second-order valence-corrected chi connectivity index (χ2v) is 6.39. The Morgan fingerprint density at radius 1 is 1.09 bits per heavy atom. The maximum absolute atomic E-state index is 12.7. The minimum atomic E-state index is -0.276. The van der Waals surface area contributed by atoms with Gasteiger partial charge in [-0.15, -0.1) is 0 Å². The molecule has 0 spiro atoms. The summed E-state index contributed by atoms with van der Waals surface area (Å²) in [6, 6.07) is 11.0. The number of aryl methyl sites for hydroxylation is 2. The quantitative estimate of drug-likeness (QED) is 0.690. The number of nitrogen functional groups attached to an aromatic ring is 1. The number of nitrogens with two attached hydrogens (primary N) is 1. The van der Waals surface area contributed by atoms with Gasteiger partial charge in [-0.3, -0.25) is 4.79 Å². The van der Waals surface area contributed by atoms with Crippen molar-refractivity contribution in [2.75, 3.05) is 5.73 Å². The zero-order chi connectivity index (χ0) is 16.0. The van der Waals surface area contributed by atoms with Crippen LogP contribution < -0.4 is 5.73 Å². The number of fused-ring (bicyclic) bond motifs is 2. The number of hydrogen-bond acceptors (Lipinski definition) is 3. The van der Waals surface area contributed by atoms with Crippen molar-refractivity contribution in [1.29, 1.82) is 0 Å². The average Bonchev–Trinajstić information content (AvgIpc) is 2.89. The zero-order valence-electron chi connectivity index (χ0n) is 12.6. The van der Waals surface area contributed by atoms with Crippen LogP contribution in [0.2, 0.25) is 5.02 Å². The minimum absolute atomic E-state index is 0.176. The number of hydrogen-bond donors (Lipinski definition) is 1. The molecule has 0 saturated heterocycles. The van der Waals surface area contributed by atoms with E-state index in [-0.39, 0.29) is 11.5 Å². The first-order chi connectivity index (χ1) is 11.1. The third-order valence-corrected chi connectivity index (χ3v) is 4.85. The Balaban J connectivity index is 1.86. The molecule has 23 heavy (non-hydrogen) atoms. The van der Waals surface area contributed by atoms with E-state index in [4.69, 9.17) is 21.8 Å². The predicted octanol–water partition coefficient (Wildman–Crippen LogP) is 4.78. The number of carbonyl (C=O) groups excluding carboxylic acids is 1. The van der Waals surface area contributed by atoms with Crippen molar-refractivity contribution in [1.82, 2.24) is 0 Å². The van der Waals surface area contributed by atoms with Crippen molar-refractivity contribution in [3.05, 3.63) is 63.9 Å². The summed E-state index contributed by atoms with van der Waals surface area (Å²) < 4.78 is 5.80. The lowest BCUT2D eigenvalue weighted by Crippen LogP contribution is -2.04. The molecule has 0 unspecified atom stereocenters. The van der Waals surface area contributed by atoms with Gasteiger partial charge in [0.15, 0.2) is 5.76 Å². The van der Waals surface area contributed by atoms with E-state index in [9.17, 15) is 4.79 Å². The molecule has 1 heterocycles. The average molecular weight is 326 g/mol. The molecule has 1 aromatic heterocycles. The fraction of sp³-hybridized carbons (Fsp3) is 0.211. The van der Waals surface area contributed by atoms with E-state index in [2.05, 4.69) is 6.07 Å². The van der Waals surface area contributed by atoms with Gasteiger partial charge in [-0.1, -0.05) is 23.7 Å². The van der Waals surface area contributed by atoms with Gasteiger partial charge in [0.1, 0.15) is 5.58 Å². The molecule has 4 rings (SSSR count). The van der Waals surface area contributed by atoms with Gasteiger partial charge in [-0.25, -0.2) is 0 Å². The van der Waals surface area contributed by atoms with Crippen molar-refractivity contribution < 1.29 is 9.21 Å². The summed E-state index contributed by atoms with van der Waals surface area (Å²) in [5.74, 6) is -0.0993. The lowest BCUT2D eigenvalue weighted by atomic mass is 9.90. The van der Waals surface area contributed by atoms with E-state index in [0.29, 0.717) is 21.9 Å². The Morgan fingerprint density at radius 2 is 1.78 bits per heavy atom. The first kappa shape index (κ1) is 14.3. The van der Waals surface area contributed by atoms with Gasteiger partial charge < -0.3 is 10.2 Å². The van der Waals surface area contributed by atoms with E-state index in [1.165, 1.54) is 24.0 Å². The predicted molar refractivity (Wildman–Crippen MR) is 92.2 cm³/mol. The summed E-state index contributed by atoms with van der Waals surface area (Å²) in [6.45, 7) is 0. The van der Waals surface area contributed by atoms with Crippen molar-refractivity contribution in [3.63, 3.8) is 0 Å². The zero-order valence-corrected chi connectivity index (χ0v) is 13.3. The number of carbonyl (C=O) groups is 1. The van der Waals surface area contributed by atoms with Crippen molar-refractivity contribution in [2.45, 2.75) is 25.7 Å². The molecule has 1 aliphatic rings. The lowest BCUT2D eigenvalue weighted by Gasteiger charge is -2.14. The van der Waals surface area contributed by atoms with Gasteiger partial charge in [0, 0.05) is 10.9 Å². The van der Waals surface area contributed by atoms with Gasteiger partial charge in [0.05, 0.1) is 10.7 Å². The van der Waals surface area contributed by atoms with Crippen LogP contribution in [0.5, 0.6) is 0 Å². The monoisotopic (exact) mass is 325 g/mol. The molecular weight excluding hydrogens is 310 g/mol. The van der Waals surface area contributed by atoms with E-state index in [1.54, 1.807) is 24.3 Å². The van der Waals surface area contributed by atoms with Gasteiger partial charge >= 0.3 is 0 Å². The fourth-order valence-corrected chi connectivity index (χ4v) is 3.50. The molecular formula is C19H16ClNO2. The van der Waals surface area contributed by atoms with E-state index in [1.807, 2.05) is 6.07 Å². The third-order valence-electron chi connectivity index (χ3n) is 4.52. The molecule has 0 radical (unpaired) electrons. The molecule has 4 heteroatoms. The molecule has 0 aliphatic heterocycles. The smallest absolute Gasteiger partial charge is 0.231 e. The highest BCUT2D eigenvalue weighted by molar-refractivity contribution is 6.35. The number of halogens is 1. The van der Waals surface area contributed by atoms with Crippen LogP contribution in [0.15, 0.2) is 40.8 Å². The van der Waals surface area contributed by atoms with Gasteiger partial charge in [-0.2, -0.15) is 0 Å². The normalized spacial score (nSPS) is 14.0. The number of benzene rings is 2. The Bertz CT molecular complexity index is 927. The maximum atomic E-state index is 12.7. The summed E-state index contributed by atoms with van der Waals surface area (Å²) >= 11 is 6.12. The van der Waals surface area contributed by atoms with Crippen LogP contribution in [0.1, 0.15) is 40.1 Å². The Morgan fingerprint density at radius 3 is 2.52 bits per heavy atom. The van der Waals surface area contributed by atoms with Crippen molar-refractivity contribution >= 4 is 34.0 Å². The number of anilines is 1. The van der Waals surface area contributed by atoms with E-state index < -0.39 is 0 Å². The van der Waals surface area contributed by atoms with Crippen LogP contribution in [-0.4, -0.2) is 5.78 Å². The van der Waals surface area contributed by atoms with Gasteiger partial charge in [-0.05, 0) is 61.1 Å². The third kappa shape index (κ3) is 2.32. The van der Waals surface area contributed by atoms with Crippen molar-refractivity contribution in [3.8, 4) is 0 Å². The van der Waals surface area contributed by atoms with Crippen LogP contribution >= 0.6 is 11.6 Å². The number of rotatable bonds is 2. The molecule has 116 valence electrons. The molecule has 0 atom stereocenters. The molecule has 1 aliphatic carbocycles. The standard InChI is InChI=1S/C19H16ClNO2/c20-15-8-4-3-7-13(15)18(22)19-17(21)14-9-11-5-1-2-6-12(11)10-16(14)23-19/h3-4,7-10H,1-2,5-6,21H2. The van der Waals surface area contributed by atoms with Crippen LogP contribution in [0.4, 0.5) is 5.69 Å². The maximum Gasteiger partial charge on any atom is 0.231 e. The van der Waals surface area contributed by atoms with E-state index >= 15 is 0 Å². The Labute approximate surface area is 139 Å². The summed E-state index contributed by atoms with van der Waals surface area (Å²) in [5.41, 5.74) is 10.3. The highest BCUT2D eigenvalue weighted by Gasteiger charge is 2.23. The highest BCUT2D eigenvalue weighted by Crippen LogP contribution is 2.35. The van der Waals surface area contributed by atoms with Crippen LogP contribution in [0, 0.1) is 0 Å². The number of ketones is 1. The molecule has 0 bridgehead atoms. The first-order valence-corrected chi connectivity index (χ1v) is 8.16. The number of furan rings is 1. The Kier molecular flexibility index (Phi) is 3.38. The molecule has 3 nitrogen and oxygen atoms in total. The Hall–Kier alpha value is -2.26. The summed E-state index contributed by atoms with van der Waals surface area (Å²) in [5, 5.41) is 1.22. The molecule has 0 saturated carbocycles. The van der Waals surface area contributed by atoms with Crippen LogP contribution in [-0.2, 0) is 12.8 Å². The second-order valence-electron chi connectivity index (χ2n) is 5.98. The highest BCUT2D eigenvalue weighted by atomic mass is 35.5. The molecule has 0 fully saturated rings. The first-order valence-electron chi connectivity index (χ1n) is 7.78. The molecule has 2 N–H and O–H groups in total. The van der Waals surface area contributed by atoms with Crippen molar-refractivity contribution in [2.24, 2.45) is 0 Å². The molecule has 2 aromatic carbocycles. The summed E-state index contributed by atoms with van der Waals surface area (Å²) in [4.78, 5) is 12.7. The summed E-state index contributed by atoms with van der Waals surface area (Å²) in [6.07, 6.45) is 4.51. The summed E-state index contributed by atoms with van der Waals surface area (Å²) in [7, 11) is 0. The van der Waals surface area contributed by atoms with Gasteiger partial charge in [0.2, 0.25) is 5.78 Å². The van der Waals surface area contributed by atoms with Crippen LogP contribution in [0.3, 0.4) is 0 Å². The fourth-order valence-electron chi connectivity index (χ4n) is 3.28.